The Morgan fingerprint density at radius 1 is 1.17 bits per heavy atom. The second-order valence-corrected chi connectivity index (χ2v) is 6.39. The Kier molecular flexibility index (Phi) is 6.21. The van der Waals surface area contributed by atoms with Gasteiger partial charge in [-0.1, -0.05) is 30.3 Å². The van der Waals surface area contributed by atoms with Crippen molar-refractivity contribution in [2.75, 3.05) is 0 Å². The lowest BCUT2D eigenvalue weighted by Crippen LogP contribution is -2.15. The van der Waals surface area contributed by atoms with E-state index in [9.17, 15) is 9.59 Å². The fourth-order valence-electron chi connectivity index (χ4n) is 2.72. The van der Waals surface area contributed by atoms with Crippen LogP contribution in [0.4, 0.5) is 0 Å². The first-order valence-electron chi connectivity index (χ1n) is 7.99. The number of ether oxygens (including phenoxy) is 1. The lowest BCUT2D eigenvalue weighted by molar-refractivity contribution is -0.146. The summed E-state index contributed by atoms with van der Waals surface area (Å²) in [6, 6.07) is 11.9. The second kappa shape index (κ2) is 8.15. The first-order chi connectivity index (χ1) is 11.4. The lowest BCUT2D eigenvalue weighted by atomic mass is 10.0. The Hall–Kier alpha value is -2.07. The molecule has 2 rings (SSSR count). The number of hydrogen-bond donors (Lipinski definition) is 0. The SMILES string of the molecule is CC(C)OC(=O)Cc1cc(CCc2ccccc2)c(C(=O)Cl)n1C. The molecule has 0 amide bonds. The minimum absolute atomic E-state index is 0.122. The van der Waals surface area contributed by atoms with Gasteiger partial charge in [0.15, 0.2) is 0 Å². The minimum atomic E-state index is -0.510. The summed E-state index contributed by atoms with van der Waals surface area (Å²) in [7, 11) is 1.75. The molecule has 1 aromatic carbocycles. The van der Waals surface area contributed by atoms with Crippen molar-refractivity contribution in [1.82, 2.24) is 4.57 Å². The van der Waals surface area contributed by atoms with Crippen molar-refractivity contribution < 1.29 is 14.3 Å². The van der Waals surface area contributed by atoms with Gasteiger partial charge in [0.25, 0.3) is 5.24 Å². The molecule has 24 heavy (non-hydrogen) atoms. The maximum atomic E-state index is 11.9. The zero-order chi connectivity index (χ0) is 17.7. The third-order valence-electron chi connectivity index (χ3n) is 3.82. The van der Waals surface area contributed by atoms with Crippen molar-refractivity contribution in [3.8, 4) is 0 Å². The van der Waals surface area contributed by atoms with Gasteiger partial charge in [0.05, 0.1) is 12.5 Å². The standard InChI is InChI=1S/C19H22ClNO3/c1-13(2)24-17(22)12-16-11-15(18(19(20)23)21(16)3)10-9-14-7-5-4-6-8-14/h4-8,11,13H,9-10,12H2,1-3H3. The number of esters is 1. The monoisotopic (exact) mass is 347 g/mol. The van der Waals surface area contributed by atoms with Gasteiger partial charge in [-0.3, -0.25) is 9.59 Å². The molecule has 128 valence electrons. The summed E-state index contributed by atoms with van der Waals surface area (Å²) in [5.41, 5.74) is 3.22. The molecule has 0 saturated heterocycles. The van der Waals surface area contributed by atoms with E-state index in [1.54, 1.807) is 11.6 Å². The van der Waals surface area contributed by atoms with Gasteiger partial charge in [-0.25, -0.2) is 0 Å². The number of rotatable bonds is 7. The van der Waals surface area contributed by atoms with Crippen LogP contribution in [-0.2, 0) is 35.8 Å². The number of carbonyl (C=O) groups excluding carboxylic acids is 2. The predicted molar refractivity (Wildman–Crippen MR) is 94.4 cm³/mol. The Morgan fingerprint density at radius 2 is 1.83 bits per heavy atom. The zero-order valence-electron chi connectivity index (χ0n) is 14.2. The number of hydrogen-bond acceptors (Lipinski definition) is 3. The largest absolute Gasteiger partial charge is 0.463 e. The topological polar surface area (TPSA) is 48.3 Å². The van der Waals surface area contributed by atoms with Crippen molar-refractivity contribution in [3.05, 3.63) is 58.9 Å². The third kappa shape index (κ3) is 4.71. The van der Waals surface area contributed by atoms with Crippen molar-refractivity contribution in [2.24, 2.45) is 7.05 Å². The molecular formula is C19H22ClNO3. The molecule has 4 nitrogen and oxygen atoms in total. The van der Waals surface area contributed by atoms with Gasteiger partial charge in [-0.05, 0) is 55.5 Å². The van der Waals surface area contributed by atoms with Gasteiger partial charge >= 0.3 is 5.97 Å². The summed E-state index contributed by atoms with van der Waals surface area (Å²) >= 11 is 5.75. The highest BCUT2D eigenvalue weighted by molar-refractivity contribution is 6.67. The molecule has 0 aliphatic carbocycles. The molecule has 0 saturated carbocycles. The minimum Gasteiger partial charge on any atom is -0.463 e. The van der Waals surface area contributed by atoms with Crippen molar-refractivity contribution in [1.29, 1.82) is 0 Å². The molecule has 0 N–H and O–H groups in total. The average molecular weight is 348 g/mol. The van der Waals surface area contributed by atoms with E-state index in [0.29, 0.717) is 12.1 Å². The second-order valence-electron chi connectivity index (χ2n) is 6.04. The van der Waals surface area contributed by atoms with E-state index in [0.717, 1.165) is 17.7 Å². The summed E-state index contributed by atoms with van der Waals surface area (Å²) in [6.07, 6.45) is 1.45. The van der Waals surface area contributed by atoms with E-state index in [2.05, 4.69) is 0 Å². The van der Waals surface area contributed by atoms with E-state index in [4.69, 9.17) is 16.3 Å². The number of carbonyl (C=O) groups is 2. The van der Waals surface area contributed by atoms with E-state index in [1.165, 1.54) is 5.56 Å². The van der Waals surface area contributed by atoms with Gasteiger partial charge in [0, 0.05) is 12.7 Å². The normalized spacial score (nSPS) is 10.9. The highest BCUT2D eigenvalue weighted by Gasteiger charge is 2.20. The molecule has 0 fully saturated rings. The maximum absolute atomic E-state index is 11.9. The van der Waals surface area contributed by atoms with Gasteiger partial charge < -0.3 is 9.30 Å². The Morgan fingerprint density at radius 3 is 2.42 bits per heavy atom. The smallest absolute Gasteiger partial charge is 0.312 e. The predicted octanol–water partition coefficient (Wildman–Crippen LogP) is 3.68. The van der Waals surface area contributed by atoms with Crippen LogP contribution in [0.3, 0.4) is 0 Å². The lowest BCUT2D eigenvalue weighted by Gasteiger charge is -2.09. The first-order valence-corrected chi connectivity index (χ1v) is 8.37. The molecular weight excluding hydrogens is 326 g/mol. The summed E-state index contributed by atoms with van der Waals surface area (Å²) < 4.78 is 6.87. The van der Waals surface area contributed by atoms with E-state index < -0.39 is 5.24 Å². The summed E-state index contributed by atoms with van der Waals surface area (Å²) in [4.78, 5) is 23.7. The van der Waals surface area contributed by atoms with Gasteiger partial charge in [0.1, 0.15) is 5.69 Å². The van der Waals surface area contributed by atoms with Crippen LogP contribution in [0.25, 0.3) is 0 Å². The molecule has 0 radical (unpaired) electrons. The third-order valence-corrected chi connectivity index (χ3v) is 3.99. The molecule has 0 atom stereocenters. The molecule has 1 aromatic heterocycles. The van der Waals surface area contributed by atoms with Crippen LogP contribution in [0.5, 0.6) is 0 Å². The molecule has 2 aromatic rings. The molecule has 0 spiro atoms. The summed E-state index contributed by atoms with van der Waals surface area (Å²) in [5.74, 6) is -0.311. The van der Waals surface area contributed by atoms with Crippen LogP contribution >= 0.6 is 11.6 Å². The maximum Gasteiger partial charge on any atom is 0.312 e. The first kappa shape index (κ1) is 18.3. The quantitative estimate of drug-likeness (QED) is 0.567. The van der Waals surface area contributed by atoms with Crippen LogP contribution in [0.2, 0.25) is 0 Å². The van der Waals surface area contributed by atoms with Crippen molar-refractivity contribution >= 4 is 22.8 Å². The van der Waals surface area contributed by atoms with Crippen LogP contribution in [0, 0.1) is 0 Å². The Balaban J connectivity index is 2.19. The average Bonchev–Trinajstić information content (AvgIpc) is 2.81. The summed E-state index contributed by atoms with van der Waals surface area (Å²) in [6.45, 7) is 3.61. The molecule has 1 heterocycles. The molecule has 0 bridgehead atoms. The van der Waals surface area contributed by atoms with Crippen LogP contribution in [-0.4, -0.2) is 21.9 Å². The van der Waals surface area contributed by atoms with Crippen LogP contribution in [0.1, 0.15) is 41.2 Å². The number of nitrogens with zero attached hydrogens (tertiary/aromatic N) is 1. The summed E-state index contributed by atoms with van der Waals surface area (Å²) in [5, 5.41) is -0.510. The fourth-order valence-corrected chi connectivity index (χ4v) is 2.97. The molecule has 5 heteroatoms. The number of benzene rings is 1. The molecule has 0 unspecified atom stereocenters. The van der Waals surface area contributed by atoms with Crippen molar-refractivity contribution in [3.63, 3.8) is 0 Å². The Bertz CT molecular complexity index is 720. The molecule has 0 aliphatic rings. The number of aryl methyl sites for hydroxylation is 2. The highest BCUT2D eigenvalue weighted by atomic mass is 35.5. The Labute approximate surface area is 147 Å². The van der Waals surface area contributed by atoms with E-state index in [1.807, 2.05) is 50.2 Å². The van der Waals surface area contributed by atoms with Gasteiger partial charge in [0.2, 0.25) is 0 Å². The zero-order valence-corrected chi connectivity index (χ0v) is 15.0. The highest BCUT2D eigenvalue weighted by Crippen LogP contribution is 2.20. The van der Waals surface area contributed by atoms with Gasteiger partial charge in [-0.15, -0.1) is 0 Å². The van der Waals surface area contributed by atoms with E-state index in [-0.39, 0.29) is 18.5 Å². The van der Waals surface area contributed by atoms with Gasteiger partial charge in [-0.2, -0.15) is 0 Å². The van der Waals surface area contributed by atoms with Crippen molar-refractivity contribution in [2.45, 2.75) is 39.2 Å². The number of halogens is 1. The fraction of sp³-hybridized carbons (Fsp3) is 0.368. The van der Waals surface area contributed by atoms with Crippen LogP contribution in [0.15, 0.2) is 36.4 Å². The molecule has 0 aliphatic heterocycles. The van der Waals surface area contributed by atoms with E-state index >= 15 is 0 Å². The van der Waals surface area contributed by atoms with Crippen LogP contribution < -0.4 is 0 Å². The number of aromatic nitrogens is 1.